The van der Waals surface area contributed by atoms with E-state index >= 15 is 0 Å². The number of rotatable bonds is 4. The topological polar surface area (TPSA) is 37.3 Å². The molecule has 1 atom stereocenters. The van der Waals surface area contributed by atoms with E-state index in [4.69, 9.17) is 0 Å². The fourth-order valence-corrected chi connectivity index (χ4v) is 3.98. The minimum absolute atomic E-state index is 0.468. The lowest BCUT2D eigenvalue weighted by atomic mass is 9.76. The van der Waals surface area contributed by atoms with Crippen molar-refractivity contribution in [2.24, 2.45) is 11.8 Å². The average Bonchev–Trinajstić information content (AvgIpc) is 2.39. The molecule has 1 aliphatic rings. The Morgan fingerprint density at radius 2 is 1.84 bits per heavy atom. The summed E-state index contributed by atoms with van der Waals surface area (Å²) < 4.78 is 20.8. The second-order valence-electron chi connectivity index (χ2n) is 6.13. The van der Waals surface area contributed by atoms with Gasteiger partial charge < -0.3 is 4.55 Å². The predicted octanol–water partition coefficient (Wildman–Crippen LogP) is 4.59. The highest BCUT2D eigenvalue weighted by Crippen LogP contribution is 2.39. The summed E-state index contributed by atoms with van der Waals surface area (Å²) in [6.45, 7) is 4.58. The van der Waals surface area contributed by atoms with Gasteiger partial charge in [-0.2, -0.15) is 0 Å². The smallest absolute Gasteiger partial charge is 0.186 e. The largest absolute Gasteiger partial charge is 0.302 e. The van der Waals surface area contributed by atoms with E-state index in [1.807, 2.05) is 18.2 Å². The van der Waals surface area contributed by atoms with Crippen LogP contribution in [0.5, 0.6) is 0 Å². The summed E-state index contributed by atoms with van der Waals surface area (Å²) in [5.41, 5.74) is 1.09. The lowest BCUT2D eigenvalue weighted by Crippen LogP contribution is -2.16. The van der Waals surface area contributed by atoms with Crippen LogP contribution in [-0.4, -0.2) is 8.76 Å². The summed E-state index contributed by atoms with van der Waals surface area (Å²) in [7, 11) is 0. The Morgan fingerprint density at radius 1 is 1.21 bits per heavy atom. The van der Waals surface area contributed by atoms with Gasteiger partial charge in [-0.1, -0.05) is 32.0 Å². The van der Waals surface area contributed by atoms with Crippen LogP contribution in [0.3, 0.4) is 0 Å². The molecule has 1 fully saturated rings. The van der Waals surface area contributed by atoms with Crippen LogP contribution in [0.1, 0.15) is 57.4 Å². The molecule has 1 saturated carbocycles. The fraction of sp³-hybridized carbons (Fsp3) is 0.625. The van der Waals surface area contributed by atoms with Crippen molar-refractivity contribution < 1.29 is 8.76 Å². The van der Waals surface area contributed by atoms with Gasteiger partial charge in [0.15, 0.2) is 11.1 Å². The van der Waals surface area contributed by atoms with E-state index < -0.39 is 11.1 Å². The molecule has 3 heteroatoms. The van der Waals surface area contributed by atoms with Gasteiger partial charge in [-0.25, -0.2) is 4.21 Å². The van der Waals surface area contributed by atoms with Crippen molar-refractivity contribution in [3.63, 3.8) is 0 Å². The first kappa shape index (κ1) is 14.7. The molecule has 0 radical (unpaired) electrons. The second-order valence-corrected chi connectivity index (χ2v) is 7.07. The van der Waals surface area contributed by atoms with Gasteiger partial charge in [0, 0.05) is 0 Å². The average molecular weight is 280 g/mol. The van der Waals surface area contributed by atoms with Crippen LogP contribution in [0, 0.1) is 11.8 Å². The summed E-state index contributed by atoms with van der Waals surface area (Å²) in [4.78, 5) is 0.606. The third-order valence-electron chi connectivity index (χ3n) is 4.20. The van der Waals surface area contributed by atoms with Crippen molar-refractivity contribution in [1.29, 1.82) is 0 Å². The first-order valence-electron chi connectivity index (χ1n) is 7.27. The van der Waals surface area contributed by atoms with Gasteiger partial charge in [0.2, 0.25) is 0 Å². The van der Waals surface area contributed by atoms with E-state index in [0.717, 1.165) is 30.2 Å². The third kappa shape index (κ3) is 3.90. The van der Waals surface area contributed by atoms with Crippen molar-refractivity contribution in [1.82, 2.24) is 0 Å². The van der Waals surface area contributed by atoms with Gasteiger partial charge in [0.25, 0.3) is 0 Å². The van der Waals surface area contributed by atoms with Crippen LogP contribution < -0.4 is 0 Å². The van der Waals surface area contributed by atoms with Crippen LogP contribution in [0.25, 0.3) is 0 Å². The molecule has 2 rings (SSSR count). The SMILES string of the molecule is CC(C)CC1CCC(c2ccccc2S(=O)O)CC1. The van der Waals surface area contributed by atoms with E-state index in [1.54, 1.807) is 6.07 Å². The Morgan fingerprint density at radius 3 is 2.42 bits per heavy atom. The molecule has 106 valence electrons. The zero-order valence-electron chi connectivity index (χ0n) is 11.8. The first-order chi connectivity index (χ1) is 9.08. The first-order valence-corrected chi connectivity index (χ1v) is 8.38. The van der Waals surface area contributed by atoms with E-state index in [2.05, 4.69) is 13.8 Å². The van der Waals surface area contributed by atoms with E-state index in [0.29, 0.717) is 10.8 Å². The molecule has 1 unspecified atom stereocenters. The highest BCUT2D eigenvalue weighted by Gasteiger charge is 2.25. The van der Waals surface area contributed by atoms with Crippen LogP contribution >= 0.6 is 0 Å². The summed E-state index contributed by atoms with van der Waals surface area (Å²) >= 11 is -1.86. The van der Waals surface area contributed by atoms with Gasteiger partial charge in [0.05, 0.1) is 4.90 Å². The highest BCUT2D eigenvalue weighted by atomic mass is 32.2. The molecule has 1 aliphatic carbocycles. The Kier molecular flexibility index (Phi) is 5.17. The van der Waals surface area contributed by atoms with E-state index in [-0.39, 0.29) is 0 Å². The maximum Gasteiger partial charge on any atom is 0.186 e. The molecule has 1 aromatic rings. The summed E-state index contributed by atoms with van der Waals surface area (Å²) in [6.07, 6.45) is 6.15. The number of benzene rings is 1. The van der Waals surface area contributed by atoms with Gasteiger partial charge in [-0.05, 0) is 61.5 Å². The van der Waals surface area contributed by atoms with E-state index in [9.17, 15) is 8.76 Å². The maximum atomic E-state index is 11.4. The molecule has 0 aliphatic heterocycles. The molecule has 2 nitrogen and oxygen atoms in total. The minimum Gasteiger partial charge on any atom is -0.302 e. The van der Waals surface area contributed by atoms with Crippen molar-refractivity contribution in [2.45, 2.75) is 56.8 Å². The zero-order chi connectivity index (χ0) is 13.8. The molecule has 0 saturated heterocycles. The fourth-order valence-electron chi connectivity index (χ4n) is 3.35. The second kappa shape index (κ2) is 6.67. The molecule has 0 bridgehead atoms. The van der Waals surface area contributed by atoms with Crippen molar-refractivity contribution in [3.05, 3.63) is 29.8 Å². The maximum absolute atomic E-state index is 11.4. The van der Waals surface area contributed by atoms with Crippen LogP contribution in [0.2, 0.25) is 0 Å². The highest BCUT2D eigenvalue weighted by molar-refractivity contribution is 7.79. The monoisotopic (exact) mass is 280 g/mol. The summed E-state index contributed by atoms with van der Waals surface area (Å²) in [5, 5.41) is 0. The van der Waals surface area contributed by atoms with Crippen molar-refractivity contribution in [3.8, 4) is 0 Å². The molecule has 1 aromatic carbocycles. The summed E-state index contributed by atoms with van der Waals surface area (Å²) in [6, 6.07) is 7.63. The Hall–Kier alpha value is -0.670. The molecule has 0 amide bonds. The third-order valence-corrected chi connectivity index (χ3v) is 4.95. The molecule has 19 heavy (non-hydrogen) atoms. The Labute approximate surface area is 118 Å². The predicted molar refractivity (Wildman–Crippen MR) is 79.6 cm³/mol. The Balaban J connectivity index is 2.04. The van der Waals surface area contributed by atoms with Gasteiger partial charge in [0.1, 0.15) is 0 Å². The van der Waals surface area contributed by atoms with Crippen LogP contribution in [0.4, 0.5) is 0 Å². The minimum atomic E-state index is -1.86. The van der Waals surface area contributed by atoms with Gasteiger partial charge in [-0.3, -0.25) is 0 Å². The molecule has 0 aromatic heterocycles. The lowest BCUT2D eigenvalue weighted by molar-refractivity contribution is 0.281. The Bertz CT molecular complexity index is 434. The van der Waals surface area contributed by atoms with Gasteiger partial charge in [-0.15, -0.1) is 0 Å². The quantitative estimate of drug-likeness (QED) is 0.819. The number of hydrogen-bond acceptors (Lipinski definition) is 1. The summed E-state index contributed by atoms with van der Waals surface area (Å²) in [5.74, 6) is 2.09. The van der Waals surface area contributed by atoms with Crippen LogP contribution in [-0.2, 0) is 11.1 Å². The molecule has 0 heterocycles. The van der Waals surface area contributed by atoms with Crippen molar-refractivity contribution >= 4 is 11.1 Å². The normalized spacial score (nSPS) is 25.5. The number of hydrogen-bond donors (Lipinski definition) is 1. The van der Waals surface area contributed by atoms with Crippen molar-refractivity contribution in [2.75, 3.05) is 0 Å². The molecular weight excluding hydrogens is 256 g/mol. The van der Waals surface area contributed by atoms with Gasteiger partial charge >= 0.3 is 0 Å². The standard InChI is InChI=1S/C16H24O2S/c1-12(2)11-13-7-9-14(10-8-13)15-5-3-4-6-16(15)19(17)18/h3-6,12-14H,7-11H2,1-2H3,(H,17,18). The van der Waals surface area contributed by atoms with Crippen LogP contribution in [0.15, 0.2) is 29.2 Å². The lowest BCUT2D eigenvalue weighted by Gasteiger charge is -2.30. The molecule has 0 spiro atoms. The zero-order valence-corrected chi connectivity index (χ0v) is 12.7. The molecule has 1 N–H and O–H groups in total. The van der Waals surface area contributed by atoms with E-state index in [1.165, 1.54) is 19.3 Å². The molecular formula is C16H24O2S.